The van der Waals surface area contributed by atoms with Crippen LogP contribution >= 0.6 is 0 Å². The van der Waals surface area contributed by atoms with Gasteiger partial charge in [0.25, 0.3) is 0 Å². The number of nitrogens with zero attached hydrogens (tertiary/aromatic N) is 3. The molecule has 4 heteroatoms. The second-order valence-corrected chi connectivity index (χ2v) is 6.09. The highest BCUT2D eigenvalue weighted by molar-refractivity contribution is 5.89. The Balaban J connectivity index is 2.14. The lowest BCUT2D eigenvalue weighted by atomic mass is 10.1. The number of ether oxygens (including phenoxy) is 1. The van der Waals surface area contributed by atoms with Crippen LogP contribution in [0.4, 0.5) is 0 Å². The lowest BCUT2D eigenvalue weighted by molar-refractivity contribution is 0.355. The van der Waals surface area contributed by atoms with E-state index in [1.807, 2.05) is 29.1 Å². The maximum Gasteiger partial charge on any atom is 0.128 e. The van der Waals surface area contributed by atoms with E-state index in [4.69, 9.17) is 4.74 Å². The Labute approximate surface area is 124 Å². The molecular weight excluding hydrogens is 262 g/mol. The molecule has 108 valence electrons. The van der Waals surface area contributed by atoms with E-state index in [0.717, 1.165) is 27.8 Å². The first-order valence-corrected chi connectivity index (χ1v) is 6.97. The number of rotatable bonds is 2. The zero-order chi connectivity index (χ0) is 15.0. The average molecular weight is 281 g/mol. The minimum atomic E-state index is -0.0303. The van der Waals surface area contributed by atoms with Gasteiger partial charge in [0.1, 0.15) is 5.75 Å². The van der Waals surface area contributed by atoms with Crippen molar-refractivity contribution in [2.45, 2.75) is 26.3 Å². The molecule has 0 saturated heterocycles. The number of methoxy groups -OCH3 is 1. The first kappa shape index (κ1) is 13.6. The van der Waals surface area contributed by atoms with Crippen molar-refractivity contribution in [3.63, 3.8) is 0 Å². The molecule has 0 aliphatic heterocycles. The van der Waals surface area contributed by atoms with Crippen molar-refractivity contribution in [3.05, 3.63) is 42.9 Å². The number of pyridine rings is 1. The fourth-order valence-corrected chi connectivity index (χ4v) is 2.32. The van der Waals surface area contributed by atoms with Gasteiger partial charge in [-0.15, -0.1) is 0 Å². The summed E-state index contributed by atoms with van der Waals surface area (Å²) in [5, 5.41) is 5.48. The van der Waals surface area contributed by atoms with Crippen molar-refractivity contribution >= 4 is 10.9 Å². The SMILES string of the molecule is COc1cc(-c2cnn(C(C)(C)C)c2)cc2ncccc12. The summed E-state index contributed by atoms with van der Waals surface area (Å²) in [4.78, 5) is 4.42. The predicted octanol–water partition coefficient (Wildman–Crippen LogP) is 3.86. The van der Waals surface area contributed by atoms with Crippen LogP contribution in [0.2, 0.25) is 0 Å². The van der Waals surface area contributed by atoms with Gasteiger partial charge in [-0.05, 0) is 50.6 Å². The number of aromatic nitrogens is 3. The van der Waals surface area contributed by atoms with Gasteiger partial charge in [-0.3, -0.25) is 9.67 Å². The van der Waals surface area contributed by atoms with E-state index < -0.39 is 0 Å². The molecule has 21 heavy (non-hydrogen) atoms. The highest BCUT2D eigenvalue weighted by Gasteiger charge is 2.15. The van der Waals surface area contributed by atoms with Gasteiger partial charge in [0.2, 0.25) is 0 Å². The maximum atomic E-state index is 5.50. The van der Waals surface area contributed by atoms with Crippen LogP contribution in [0.3, 0.4) is 0 Å². The molecule has 0 atom stereocenters. The molecule has 3 rings (SSSR count). The Morgan fingerprint density at radius 3 is 2.62 bits per heavy atom. The van der Waals surface area contributed by atoms with E-state index in [2.05, 4.69) is 43.1 Å². The third kappa shape index (κ3) is 2.49. The molecule has 0 aliphatic carbocycles. The second kappa shape index (κ2) is 4.88. The van der Waals surface area contributed by atoms with Gasteiger partial charge < -0.3 is 4.74 Å². The standard InChI is InChI=1S/C17H19N3O/c1-17(2,3)20-11-13(10-19-20)12-8-15-14(6-5-7-18-15)16(9-12)21-4/h5-11H,1-4H3. The van der Waals surface area contributed by atoms with Gasteiger partial charge in [0, 0.05) is 23.3 Å². The van der Waals surface area contributed by atoms with Crippen LogP contribution in [0.1, 0.15) is 20.8 Å². The maximum absolute atomic E-state index is 5.50. The minimum absolute atomic E-state index is 0.0303. The fourth-order valence-electron chi connectivity index (χ4n) is 2.32. The van der Waals surface area contributed by atoms with Crippen LogP contribution in [0.25, 0.3) is 22.0 Å². The van der Waals surface area contributed by atoms with Gasteiger partial charge in [-0.2, -0.15) is 5.10 Å². The molecular formula is C17H19N3O. The molecule has 4 nitrogen and oxygen atoms in total. The molecule has 0 radical (unpaired) electrons. The number of hydrogen-bond acceptors (Lipinski definition) is 3. The van der Waals surface area contributed by atoms with E-state index in [9.17, 15) is 0 Å². The molecule has 0 N–H and O–H groups in total. The molecule has 0 unspecified atom stereocenters. The first-order valence-electron chi connectivity index (χ1n) is 6.97. The summed E-state index contributed by atoms with van der Waals surface area (Å²) in [6, 6.07) is 8.04. The summed E-state index contributed by atoms with van der Waals surface area (Å²) in [5.41, 5.74) is 3.02. The van der Waals surface area contributed by atoms with Crippen molar-refractivity contribution in [2.24, 2.45) is 0 Å². The zero-order valence-corrected chi connectivity index (χ0v) is 12.8. The Kier molecular flexibility index (Phi) is 3.16. The minimum Gasteiger partial charge on any atom is -0.496 e. The van der Waals surface area contributed by atoms with E-state index in [0.29, 0.717) is 0 Å². The Morgan fingerprint density at radius 2 is 1.95 bits per heavy atom. The number of fused-ring (bicyclic) bond motifs is 1. The third-order valence-corrected chi connectivity index (χ3v) is 3.51. The van der Waals surface area contributed by atoms with Gasteiger partial charge in [0.05, 0.1) is 24.4 Å². The zero-order valence-electron chi connectivity index (χ0n) is 12.8. The van der Waals surface area contributed by atoms with Crippen molar-refractivity contribution in [2.75, 3.05) is 7.11 Å². The van der Waals surface area contributed by atoms with E-state index in [-0.39, 0.29) is 5.54 Å². The first-order chi connectivity index (χ1) is 9.99. The van der Waals surface area contributed by atoms with Gasteiger partial charge in [-0.25, -0.2) is 0 Å². The Bertz CT molecular complexity index is 784. The molecule has 0 bridgehead atoms. The number of hydrogen-bond donors (Lipinski definition) is 0. The van der Waals surface area contributed by atoms with Crippen molar-refractivity contribution in [1.82, 2.24) is 14.8 Å². The third-order valence-electron chi connectivity index (χ3n) is 3.51. The molecule has 0 fully saturated rings. The predicted molar refractivity (Wildman–Crippen MR) is 84.5 cm³/mol. The number of benzene rings is 1. The van der Waals surface area contributed by atoms with Crippen LogP contribution < -0.4 is 4.74 Å². The van der Waals surface area contributed by atoms with E-state index in [1.54, 1.807) is 13.3 Å². The van der Waals surface area contributed by atoms with Crippen LogP contribution in [-0.4, -0.2) is 21.9 Å². The van der Waals surface area contributed by atoms with Crippen molar-refractivity contribution in [3.8, 4) is 16.9 Å². The molecule has 1 aromatic carbocycles. The highest BCUT2D eigenvalue weighted by atomic mass is 16.5. The van der Waals surface area contributed by atoms with Gasteiger partial charge in [-0.1, -0.05) is 0 Å². The van der Waals surface area contributed by atoms with Crippen LogP contribution in [-0.2, 0) is 5.54 Å². The monoisotopic (exact) mass is 281 g/mol. The normalized spacial score (nSPS) is 11.8. The van der Waals surface area contributed by atoms with Crippen LogP contribution in [0, 0.1) is 0 Å². The summed E-state index contributed by atoms with van der Waals surface area (Å²) in [7, 11) is 1.68. The molecule has 3 aromatic rings. The average Bonchev–Trinajstić information content (AvgIpc) is 2.96. The van der Waals surface area contributed by atoms with Gasteiger partial charge in [0.15, 0.2) is 0 Å². The molecule has 2 heterocycles. The molecule has 2 aromatic heterocycles. The summed E-state index contributed by atoms with van der Waals surface area (Å²) in [5.74, 6) is 0.833. The van der Waals surface area contributed by atoms with Crippen molar-refractivity contribution in [1.29, 1.82) is 0 Å². The Morgan fingerprint density at radius 1 is 1.14 bits per heavy atom. The largest absolute Gasteiger partial charge is 0.496 e. The second-order valence-electron chi connectivity index (χ2n) is 6.09. The lowest BCUT2D eigenvalue weighted by Crippen LogP contribution is -2.21. The summed E-state index contributed by atoms with van der Waals surface area (Å²) >= 11 is 0. The quantitative estimate of drug-likeness (QED) is 0.716. The molecule has 0 saturated carbocycles. The Hall–Kier alpha value is -2.36. The summed E-state index contributed by atoms with van der Waals surface area (Å²) < 4.78 is 7.47. The van der Waals surface area contributed by atoms with Crippen molar-refractivity contribution < 1.29 is 4.74 Å². The van der Waals surface area contributed by atoms with Crippen LogP contribution in [0.15, 0.2) is 42.9 Å². The highest BCUT2D eigenvalue weighted by Crippen LogP contribution is 2.31. The lowest BCUT2D eigenvalue weighted by Gasteiger charge is -2.18. The topological polar surface area (TPSA) is 39.9 Å². The van der Waals surface area contributed by atoms with Gasteiger partial charge >= 0.3 is 0 Å². The van der Waals surface area contributed by atoms with E-state index >= 15 is 0 Å². The fraction of sp³-hybridized carbons (Fsp3) is 0.294. The smallest absolute Gasteiger partial charge is 0.128 e. The molecule has 0 spiro atoms. The molecule has 0 amide bonds. The van der Waals surface area contributed by atoms with Crippen LogP contribution in [0.5, 0.6) is 5.75 Å². The summed E-state index contributed by atoms with van der Waals surface area (Å²) in [6.45, 7) is 6.39. The van der Waals surface area contributed by atoms with E-state index in [1.165, 1.54) is 0 Å². The molecule has 0 aliphatic rings. The summed E-state index contributed by atoms with van der Waals surface area (Å²) in [6.07, 6.45) is 5.74.